The van der Waals surface area contributed by atoms with Crippen molar-refractivity contribution < 1.29 is 19.1 Å². The number of rotatable bonds is 6. The lowest BCUT2D eigenvalue weighted by Crippen LogP contribution is -2.40. The number of hydrogen-bond donors (Lipinski definition) is 0. The normalized spacial score (nSPS) is 15.4. The SMILES string of the molecule is COC(=O)C1CCN(C(=O)CCOc2ccc(C(C)C)cc2)CC1. The highest BCUT2D eigenvalue weighted by Gasteiger charge is 2.27. The molecular weight excluding hydrogens is 306 g/mol. The lowest BCUT2D eigenvalue weighted by molar-refractivity contribution is -0.149. The molecule has 0 radical (unpaired) electrons. The minimum absolute atomic E-state index is 0.0743. The Morgan fingerprint density at radius 1 is 1.17 bits per heavy atom. The van der Waals surface area contributed by atoms with Crippen LogP contribution in [0.25, 0.3) is 0 Å². The van der Waals surface area contributed by atoms with Crippen LogP contribution in [0.4, 0.5) is 0 Å². The van der Waals surface area contributed by atoms with Gasteiger partial charge in [0.05, 0.1) is 26.1 Å². The molecule has 1 heterocycles. The van der Waals surface area contributed by atoms with E-state index in [0.717, 1.165) is 5.75 Å². The van der Waals surface area contributed by atoms with Crippen molar-refractivity contribution in [3.05, 3.63) is 29.8 Å². The molecule has 0 aromatic heterocycles. The van der Waals surface area contributed by atoms with Crippen molar-refractivity contribution in [3.63, 3.8) is 0 Å². The number of amides is 1. The van der Waals surface area contributed by atoms with Gasteiger partial charge < -0.3 is 14.4 Å². The van der Waals surface area contributed by atoms with Gasteiger partial charge in [0.15, 0.2) is 0 Å². The van der Waals surface area contributed by atoms with E-state index < -0.39 is 0 Å². The number of esters is 1. The molecule has 1 aromatic rings. The van der Waals surface area contributed by atoms with Gasteiger partial charge in [0.1, 0.15) is 5.75 Å². The van der Waals surface area contributed by atoms with Gasteiger partial charge in [0.2, 0.25) is 5.91 Å². The summed E-state index contributed by atoms with van der Waals surface area (Å²) in [6.07, 6.45) is 1.71. The van der Waals surface area contributed by atoms with Gasteiger partial charge >= 0.3 is 5.97 Å². The number of ether oxygens (including phenoxy) is 2. The molecule has 1 aliphatic rings. The van der Waals surface area contributed by atoms with Crippen molar-refractivity contribution >= 4 is 11.9 Å². The van der Waals surface area contributed by atoms with E-state index in [4.69, 9.17) is 9.47 Å². The molecule has 132 valence electrons. The van der Waals surface area contributed by atoms with Crippen molar-refractivity contribution in [2.24, 2.45) is 5.92 Å². The predicted molar refractivity (Wildman–Crippen MR) is 92.0 cm³/mol. The number of likely N-dealkylation sites (tertiary alicyclic amines) is 1. The molecule has 0 bridgehead atoms. The fourth-order valence-corrected chi connectivity index (χ4v) is 2.89. The van der Waals surface area contributed by atoms with E-state index >= 15 is 0 Å². The van der Waals surface area contributed by atoms with Crippen molar-refractivity contribution in [3.8, 4) is 5.75 Å². The molecule has 1 amide bonds. The fourth-order valence-electron chi connectivity index (χ4n) is 2.89. The Morgan fingerprint density at radius 2 is 1.79 bits per heavy atom. The maximum Gasteiger partial charge on any atom is 0.308 e. The Hall–Kier alpha value is -2.04. The van der Waals surface area contributed by atoms with Gasteiger partial charge in [0, 0.05) is 13.1 Å². The van der Waals surface area contributed by atoms with Crippen LogP contribution in [-0.2, 0) is 14.3 Å². The summed E-state index contributed by atoms with van der Waals surface area (Å²) in [5.74, 6) is 1.12. The Balaban J connectivity index is 1.71. The molecule has 24 heavy (non-hydrogen) atoms. The lowest BCUT2D eigenvalue weighted by Gasteiger charge is -2.30. The third kappa shape index (κ3) is 4.98. The highest BCUT2D eigenvalue weighted by molar-refractivity contribution is 5.77. The van der Waals surface area contributed by atoms with E-state index in [1.807, 2.05) is 17.0 Å². The molecular formula is C19H27NO4. The number of nitrogens with zero attached hydrogens (tertiary/aromatic N) is 1. The van der Waals surface area contributed by atoms with Gasteiger partial charge in [-0.2, -0.15) is 0 Å². The number of hydrogen-bond acceptors (Lipinski definition) is 4. The molecule has 2 rings (SSSR count). The van der Waals surface area contributed by atoms with Gasteiger partial charge in [-0.25, -0.2) is 0 Å². The first kappa shape index (κ1) is 18.3. The lowest BCUT2D eigenvalue weighted by atomic mass is 9.97. The summed E-state index contributed by atoms with van der Waals surface area (Å²) in [5.41, 5.74) is 1.27. The molecule has 0 aliphatic carbocycles. The highest BCUT2D eigenvalue weighted by Crippen LogP contribution is 2.20. The topological polar surface area (TPSA) is 55.8 Å². The molecule has 1 aliphatic heterocycles. The average molecular weight is 333 g/mol. The van der Waals surface area contributed by atoms with Gasteiger partial charge in [-0.3, -0.25) is 9.59 Å². The fraction of sp³-hybridized carbons (Fsp3) is 0.579. The van der Waals surface area contributed by atoms with Gasteiger partial charge in [-0.15, -0.1) is 0 Å². The molecule has 1 saturated heterocycles. The standard InChI is InChI=1S/C19H27NO4/c1-14(2)15-4-6-17(7-5-15)24-13-10-18(21)20-11-8-16(9-12-20)19(22)23-3/h4-7,14,16H,8-13H2,1-3H3. The van der Waals surface area contributed by atoms with Gasteiger partial charge in [0.25, 0.3) is 0 Å². The summed E-state index contributed by atoms with van der Waals surface area (Å²) in [6, 6.07) is 8.00. The molecule has 0 saturated carbocycles. The van der Waals surface area contributed by atoms with Gasteiger partial charge in [-0.1, -0.05) is 26.0 Å². The molecule has 0 spiro atoms. The van der Waals surface area contributed by atoms with Crippen LogP contribution in [0.2, 0.25) is 0 Å². The van der Waals surface area contributed by atoms with Crippen LogP contribution in [0.15, 0.2) is 24.3 Å². The molecule has 0 atom stereocenters. The van der Waals surface area contributed by atoms with E-state index in [9.17, 15) is 9.59 Å². The number of carbonyl (C=O) groups excluding carboxylic acids is 2. The second kappa shape index (κ2) is 8.71. The van der Waals surface area contributed by atoms with Crippen LogP contribution in [0.3, 0.4) is 0 Å². The van der Waals surface area contributed by atoms with Crippen molar-refractivity contribution in [1.29, 1.82) is 0 Å². The maximum absolute atomic E-state index is 12.2. The zero-order chi connectivity index (χ0) is 17.5. The van der Waals surface area contributed by atoms with Crippen molar-refractivity contribution in [2.45, 2.75) is 39.0 Å². The number of piperidine rings is 1. The van der Waals surface area contributed by atoms with E-state index in [0.29, 0.717) is 44.9 Å². The summed E-state index contributed by atoms with van der Waals surface area (Å²) in [5, 5.41) is 0. The van der Waals surface area contributed by atoms with E-state index in [1.165, 1.54) is 12.7 Å². The Bertz CT molecular complexity index is 545. The third-order valence-electron chi connectivity index (χ3n) is 4.51. The summed E-state index contributed by atoms with van der Waals surface area (Å²) >= 11 is 0. The van der Waals surface area contributed by atoms with Crippen LogP contribution >= 0.6 is 0 Å². The average Bonchev–Trinajstić information content (AvgIpc) is 2.61. The second-order valence-electron chi connectivity index (χ2n) is 6.50. The van der Waals surface area contributed by atoms with E-state index in [2.05, 4.69) is 26.0 Å². The molecule has 5 nitrogen and oxygen atoms in total. The second-order valence-corrected chi connectivity index (χ2v) is 6.50. The molecule has 1 fully saturated rings. The van der Waals surface area contributed by atoms with E-state index in [1.54, 1.807) is 0 Å². The summed E-state index contributed by atoms with van der Waals surface area (Å²) in [6.45, 7) is 5.90. The smallest absolute Gasteiger partial charge is 0.308 e. The molecule has 0 unspecified atom stereocenters. The van der Waals surface area contributed by atoms with Crippen LogP contribution in [-0.4, -0.2) is 43.6 Å². The number of carbonyl (C=O) groups is 2. The van der Waals surface area contributed by atoms with Crippen molar-refractivity contribution in [2.75, 3.05) is 26.8 Å². The van der Waals surface area contributed by atoms with Crippen molar-refractivity contribution in [1.82, 2.24) is 4.90 Å². The summed E-state index contributed by atoms with van der Waals surface area (Å²) < 4.78 is 10.4. The predicted octanol–water partition coefficient (Wildman–Crippen LogP) is 2.99. The third-order valence-corrected chi connectivity index (χ3v) is 4.51. The summed E-state index contributed by atoms with van der Waals surface area (Å²) in [7, 11) is 1.41. The summed E-state index contributed by atoms with van der Waals surface area (Å²) in [4.78, 5) is 25.5. The Kier molecular flexibility index (Phi) is 6.64. The van der Waals surface area contributed by atoms with Crippen LogP contribution < -0.4 is 4.74 Å². The molecule has 5 heteroatoms. The Labute approximate surface area is 143 Å². The van der Waals surface area contributed by atoms with E-state index in [-0.39, 0.29) is 17.8 Å². The van der Waals surface area contributed by atoms with Gasteiger partial charge in [-0.05, 0) is 36.5 Å². The van der Waals surface area contributed by atoms with Crippen LogP contribution in [0.1, 0.15) is 44.6 Å². The minimum atomic E-state index is -0.171. The monoisotopic (exact) mass is 333 g/mol. The number of methoxy groups -OCH3 is 1. The largest absolute Gasteiger partial charge is 0.493 e. The quantitative estimate of drug-likeness (QED) is 0.751. The zero-order valence-electron chi connectivity index (χ0n) is 14.8. The first-order valence-electron chi connectivity index (χ1n) is 8.59. The van der Waals surface area contributed by atoms with Crippen LogP contribution in [0.5, 0.6) is 5.75 Å². The highest BCUT2D eigenvalue weighted by atomic mass is 16.5. The Morgan fingerprint density at radius 3 is 2.33 bits per heavy atom. The van der Waals surface area contributed by atoms with Crippen LogP contribution in [0, 0.1) is 5.92 Å². The molecule has 1 aromatic carbocycles. The number of benzene rings is 1. The first-order valence-corrected chi connectivity index (χ1v) is 8.59. The zero-order valence-corrected chi connectivity index (χ0v) is 14.8. The maximum atomic E-state index is 12.2. The molecule has 0 N–H and O–H groups in total. The first-order chi connectivity index (χ1) is 11.5. The minimum Gasteiger partial charge on any atom is -0.493 e.